The van der Waals surface area contributed by atoms with Crippen LogP contribution in [0.15, 0.2) is 77.5 Å². The molecule has 2 amide bonds. The Bertz CT molecular complexity index is 1210. The third kappa shape index (κ3) is 6.23. The van der Waals surface area contributed by atoms with Gasteiger partial charge in [0.2, 0.25) is 0 Å². The molecule has 0 fully saturated rings. The maximum absolute atomic E-state index is 12.9. The molecule has 0 heterocycles. The second kappa shape index (κ2) is 10.8. The van der Waals surface area contributed by atoms with E-state index in [-0.39, 0.29) is 17.2 Å². The van der Waals surface area contributed by atoms with Gasteiger partial charge in [0.1, 0.15) is 17.2 Å². The minimum atomic E-state index is -0.645. The first-order valence-corrected chi connectivity index (χ1v) is 10.5. The van der Waals surface area contributed by atoms with Gasteiger partial charge in [-0.3, -0.25) is 9.59 Å². The summed E-state index contributed by atoms with van der Waals surface area (Å²) < 4.78 is 0. The number of benzene rings is 3. The van der Waals surface area contributed by atoms with Gasteiger partial charge in [0, 0.05) is 37.0 Å². The van der Waals surface area contributed by atoms with E-state index in [0.29, 0.717) is 22.3 Å². The van der Waals surface area contributed by atoms with E-state index in [9.17, 15) is 19.8 Å². The van der Waals surface area contributed by atoms with Crippen LogP contribution < -0.4 is 15.6 Å². The predicted molar refractivity (Wildman–Crippen MR) is 133 cm³/mol. The molecule has 0 unspecified atom stereocenters. The summed E-state index contributed by atoms with van der Waals surface area (Å²) in [7, 11) is 3.85. The molecule has 8 heteroatoms. The molecule has 174 valence electrons. The van der Waals surface area contributed by atoms with Gasteiger partial charge in [-0.05, 0) is 54.5 Å². The number of rotatable bonds is 7. The number of phenolic OH excluding ortho intramolecular Hbond substituents is 2. The zero-order valence-electron chi connectivity index (χ0n) is 19.1. The molecule has 4 N–H and O–H groups in total. The van der Waals surface area contributed by atoms with E-state index >= 15 is 0 Å². The van der Waals surface area contributed by atoms with Crippen LogP contribution in [0.2, 0.25) is 0 Å². The molecule has 8 nitrogen and oxygen atoms in total. The molecule has 3 rings (SSSR count). The molecule has 3 aromatic carbocycles. The van der Waals surface area contributed by atoms with Crippen LogP contribution in [-0.2, 0) is 4.79 Å². The Morgan fingerprint density at radius 2 is 1.65 bits per heavy atom. The Kier molecular flexibility index (Phi) is 7.66. The Morgan fingerprint density at radius 1 is 0.971 bits per heavy atom. The van der Waals surface area contributed by atoms with Gasteiger partial charge in [-0.15, -0.1) is 0 Å². The lowest BCUT2D eigenvalue weighted by Crippen LogP contribution is -2.32. The lowest BCUT2D eigenvalue weighted by atomic mass is 10.1. The van der Waals surface area contributed by atoms with Crippen molar-refractivity contribution in [3.05, 3.63) is 94.7 Å². The monoisotopic (exact) mass is 458 g/mol. The van der Waals surface area contributed by atoms with Crippen molar-refractivity contribution >= 4 is 29.8 Å². The number of carbonyl (C=O) groups is 2. The molecule has 34 heavy (non-hydrogen) atoms. The largest absolute Gasteiger partial charge is 0.508 e. The SMILES string of the molecule is Cc1cc(O)cc(O)c1/C=N/NC(=O)C(=Cc1ccc(N(C)C)cc1)NC(=O)c1ccccc1. The summed E-state index contributed by atoms with van der Waals surface area (Å²) in [5, 5.41) is 26.1. The minimum Gasteiger partial charge on any atom is -0.508 e. The lowest BCUT2D eigenvalue weighted by Gasteiger charge is -2.13. The van der Waals surface area contributed by atoms with Crippen LogP contribution in [0, 0.1) is 6.92 Å². The molecule has 0 saturated carbocycles. The van der Waals surface area contributed by atoms with Crippen molar-refractivity contribution in [2.24, 2.45) is 5.10 Å². The predicted octanol–water partition coefficient (Wildman–Crippen LogP) is 3.39. The number of hydrogen-bond acceptors (Lipinski definition) is 6. The topological polar surface area (TPSA) is 114 Å². The van der Waals surface area contributed by atoms with E-state index in [0.717, 1.165) is 5.69 Å². The highest BCUT2D eigenvalue weighted by molar-refractivity contribution is 6.05. The number of aromatic hydroxyl groups is 2. The second-order valence-corrected chi connectivity index (χ2v) is 7.76. The van der Waals surface area contributed by atoms with E-state index in [1.807, 2.05) is 43.3 Å². The van der Waals surface area contributed by atoms with Gasteiger partial charge >= 0.3 is 0 Å². The van der Waals surface area contributed by atoms with Gasteiger partial charge in [-0.1, -0.05) is 30.3 Å². The number of anilines is 1. The summed E-state index contributed by atoms with van der Waals surface area (Å²) in [5.41, 5.74) is 5.39. The summed E-state index contributed by atoms with van der Waals surface area (Å²) >= 11 is 0. The molecule has 0 aliphatic heterocycles. The highest BCUT2D eigenvalue weighted by Crippen LogP contribution is 2.25. The van der Waals surface area contributed by atoms with Crippen molar-refractivity contribution in [1.82, 2.24) is 10.7 Å². The number of amides is 2. The smallest absolute Gasteiger partial charge is 0.287 e. The van der Waals surface area contributed by atoms with Crippen molar-refractivity contribution < 1.29 is 19.8 Å². The van der Waals surface area contributed by atoms with Crippen LogP contribution in [-0.4, -0.2) is 42.3 Å². The number of hydrazone groups is 1. The molecule has 0 atom stereocenters. The molecule has 0 bridgehead atoms. The number of nitrogens with zero attached hydrogens (tertiary/aromatic N) is 2. The van der Waals surface area contributed by atoms with Crippen LogP contribution in [0.3, 0.4) is 0 Å². The molecule has 0 saturated heterocycles. The molecule has 0 spiro atoms. The Balaban J connectivity index is 1.84. The first-order valence-electron chi connectivity index (χ1n) is 10.5. The van der Waals surface area contributed by atoms with Crippen LogP contribution in [0.1, 0.15) is 27.0 Å². The number of carbonyl (C=O) groups excluding carboxylic acids is 2. The van der Waals surface area contributed by atoms with Gasteiger partial charge in [0.25, 0.3) is 11.8 Å². The Labute approximate surface area is 197 Å². The van der Waals surface area contributed by atoms with Crippen molar-refractivity contribution in [2.75, 3.05) is 19.0 Å². The molecule has 0 aliphatic carbocycles. The zero-order chi connectivity index (χ0) is 24.7. The standard InChI is InChI=1S/C26H26N4O4/c1-17-13-21(31)15-24(32)22(17)16-27-29-26(34)23(28-25(33)19-7-5-4-6-8-19)14-18-9-11-20(12-10-18)30(2)3/h4-16,31-32H,1-3H3,(H,28,33)(H,29,34)/b23-14?,27-16+. The van der Waals surface area contributed by atoms with Crippen molar-refractivity contribution in [1.29, 1.82) is 0 Å². The molecular formula is C26H26N4O4. The van der Waals surface area contributed by atoms with Gasteiger partial charge in [0.05, 0.1) is 6.21 Å². The minimum absolute atomic E-state index is 0.00439. The molecule has 0 aromatic heterocycles. The van der Waals surface area contributed by atoms with Gasteiger partial charge in [-0.25, -0.2) is 5.43 Å². The summed E-state index contributed by atoms with van der Waals surface area (Å²) in [4.78, 5) is 27.5. The summed E-state index contributed by atoms with van der Waals surface area (Å²) in [6, 6.07) is 18.6. The first-order chi connectivity index (χ1) is 16.2. The van der Waals surface area contributed by atoms with E-state index in [2.05, 4.69) is 15.8 Å². The quantitative estimate of drug-likeness (QED) is 0.246. The maximum Gasteiger partial charge on any atom is 0.287 e. The van der Waals surface area contributed by atoms with Gasteiger partial charge in [0.15, 0.2) is 0 Å². The fourth-order valence-electron chi connectivity index (χ4n) is 3.12. The van der Waals surface area contributed by atoms with Gasteiger partial charge in [-0.2, -0.15) is 5.10 Å². The lowest BCUT2D eigenvalue weighted by molar-refractivity contribution is -0.117. The summed E-state index contributed by atoms with van der Waals surface area (Å²) in [5.74, 6) is -1.34. The number of aryl methyl sites for hydroxylation is 1. The van der Waals surface area contributed by atoms with Gasteiger partial charge < -0.3 is 20.4 Å². The number of hydrogen-bond donors (Lipinski definition) is 4. The Hall–Kier alpha value is -4.59. The fourth-order valence-corrected chi connectivity index (χ4v) is 3.12. The fraction of sp³-hybridized carbons (Fsp3) is 0.115. The molecule has 0 aliphatic rings. The third-order valence-corrected chi connectivity index (χ3v) is 4.96. The van der Waals surface area contributed by atoms with E-state index in [4.69, 9.17) is 0 Å². The van der Waals surface area contributed by atoms with E-state index in [1.165, 1.54) is 18.3 Å². The zero-order valence-corrected chi connectivity index (χ0v) is 19.1. The summed E-state index contributed by atoms with van der Waals surface area (Å²) in [6.07, 6.45) is 2.82. The molecular weight excluding hydrogens is 432 g/mol. The van der Waals surface area contributed by atoms with E-state index in [1.54, 1.807) is 43.3 Å². The van der Waals surface area contributed by atoms with Crippen LogP contribution in [0.5, 0.6) is 11.5 Å². The van der Waals surface area contributed by atoms with Crippen molar-refractivity contribution in [2.45, 2.75) is 6.92 Å². The number of phenols is 2. The number of nitrogens with one attached hydrogen (secondary N) is 2. The Morgan fingerprint density at radius 3 is 2.26 bits per heavy atom. The van der Waals surface area contributed by atoms with E-state index < -0.39 is 11.8 Å². The molecule has 0 radical (unpaired) electrons. The normalized spacial score (nSPS) is 11.3. The second-order valence-electron chi connectivity index (χ2n) is 7.76. The van der Waals surface area contributed by atoms with Crippen LogP contribution >= 0.6 is 0 Å². The highest BCUT2D eigenvalue weighted by atomic mass is 16.3. The molecule has 3 aromatic rings. The average molecular weight is 459 g/mol. The highest BCUT2D eigenvalue weighted by Gasteiger charge is 2.14. The maximum atomic E-state index is 12.9. The van der Waals surface area contributed by atoms with Crippen LogP contribution in [0.4, 0.5) is 5.69 Å². The van der Waals surface area contributed by atoms with Crippen molar-refractivity contribution in [3.8, 4) is 11.5 Å². The summed E-state index contributed by atoms with van der Waals surface area (Å²) in [6.45, 7) is 1.69. The average Bonchev–Trinajstić information content (AvgIpc) is 2.81. The van der Waals surface area contributed by atoms with Crippen molar-refractivity contribution in [3.63, 3.8) is 0 Å². The first kappa shape index (κ1) is 24.1. The third-order valence-electron chi connectivity index (χ3n) is 4.96. The van der Waals surface area contributed by atoms with Crippen LogP contribution in [0.25, 0.3) is 6.08 Å².